The average Bonchev–Trinajstić information content (AvgIpc) is 2.87. The molecule has 1 aromatic rings. The van der Waals surface area contributed by atoms with Crippen molar-refractivity contribution in [3.8, 4) is 0 Å². The molecule has 4 nitrogen and oxygen atoms in total. The number of benzene rings is 1. The van der Waals surface area contributed by atoms with Crippen molar-refractivity contribution in [2.24, 2.45) is 11.8 Å². The molecule has 2 rings (SSSR count). The van der Waals surface area contributed by atoms with E-state index in [0.29, 0.717) is 11.7 Å². The monoisotopic (exact) mass is 370 g/mol. The summed E-state index contributed by atoms with van der Waals surface area (Å²) in [6.07, 6.45) is 2.50. The molecule has 1 fully saturated rings. The molecule has 0 aliphatic carbocycles. The molecule has 0 aromatic heterocycles. The van der Waals surface area contributed by atoms with Crippen molar-refractivity contribution in [2.75, 3.05) is 6.61 Å². The van der Waals surface area contributed by atoms with Crippen LogP contribution < -0.4 is 4.46 Å². The number of cyclic esters (lactones) is 1. The molecule has 0 bridgehead atoms. The number of hydrogen-bond donors (Lipinski definition) is 2. The first-order valence-electron chi connectivity index (χ1n) is 7.45. The fraction of sp³-hybridized carbons (Fsp3) is 0.471. The van der Waals surface area contributed by atoms with Crippen molar-refractivity contribution in [1.29, 1.82) is 0 Å². The summed E-state index contributed by atoms with van der Waals surface area (Å²) in [6, 6.07) is 10.1. The molecule has 4 atom stereocenters. The van der Waals surface area contributed by atoms with E-state index in [1.165, 1.54) is 4.46 Å². The van der Waals surface area contributed by atoms with Crippen LogP contribution in [0.1, 0.15) is 13.3 Å². The Bertz CT molecular complexity index is 503. The Kier molecular flexibility index (Phi) is 6.65. The van der Waals surface area contributed by atoms with Crippen molar-refractivity contribution < 1.29 is 19.7 Å². The second kappa shape index (κ2) is 8.49. The van der Waals surface area contributed by atoms with Gasteiger partial charge < -0.3 is 0 Å². The van der Waals surface area contributed by atoms with Crippen molar-refractivity contribution in [1.82, 2.24) is 0 Å². The quantitative estimate of drug-likeness (QED) is 0.426. The van der Waals surface area contributed by atoms with E-state index in [1.807, 2.05) is 18.2 Å². The minimum absolute atomic E-state index is 0.125. The molecule has 1 heterocycles. The summed E-state index contributed by atoms with van der Waals surface area (Å²) in [7, 11) is 0. The predicted molar refractivity (Wildman–Crippen MR) is 86.0 cm³/mol. The molecule has 1 aliphatic rings. The molecule has 1 aliphatic heterocycles. The summed E-state index contributed by atoms with van der Waals surface area (Å²) in [5.41, 5.74) is 0. The average molecular weight is 369 g/mol. The number of carbonyl (C=O) groups is 1. The molecule has 0 amide bonds. The van der Waals surface area contributed by atoms with Crippen LogP contribution >= 0.6 is 0 Å². The Hall–Kier alpha value is -1.13. The Morgan fingerprint density at radius 1 is 1.36 bits per heavy atom. The minimum atomic E-state index is -0.836. The van der Waals surface area contributed by atoms with Crippen molar-refractivity contribution in [2.45, 2.75) is 30.9 Å². The van der Waals surface area contributed by atoms with E-state index >= 15 is 0 Å². The van der Waals surface area contributed by atoms with Gasteiger partial charge in [-0.25, -0.2) is 0 Å². The van der Waals surface area contributed by atoms with Gasteiger partial charge in [-0.2, -0.15) is 0 Å². The number of esters is 1. The van der Waals surface area contributed by atoms with Crippen LogP contribution in [-0.2, 0) is 9.53 Å². The number of ether oxygens (including phenoxy) is 1. The van der Waals surface area contributed by atoms with Gasteiger partial charge in [0.15, 0.2) is 0 Å². The molecule has 5 heteroatoms. The maximum atomic E-state index is 11.8. The van der Waals surface area contributed by atoms with Crippen LogP contribution in [0.2, 0.25) is 5.32 Å². The predicted octanol–water partition coefficient (Wildman–Crippen LogP) is 0.912. The van der Waals surface area contributed by atoms with Crippen molar-refractivity contribution in [3.63, 3.8) is 0 Å². The van der Waals surface area contributed by atoms with Crippen LogP contribution in [0.15, 0.2) is 42.5 Å². The van der Waals surface area contributed by atoms with Gasteiger partial charge in [0.05, 0.1) is 0 Å². The van der Waals surface area contributed by atoms with E-state index in [2.05, 4.69) is 12.1 Å². The summed E-state index contributed by atoms with van der Waals surface area (Å²) in [6.45, 7) is 2.09. The molecular weight excluding hydrogens is 347 g/mol. The van der Waals surface area contributed by atoms with Crippen LogP contribution in [0.25, 0.3) is 0 Å². The summed E-state index contributed by atoms with van der Waals surface area (Å²) in [5, 5.41) is 21.0. The fourth-order valence-electron chi connectivity index (χ4n) is 2.66. The van der Waals surface area contributed by atoms with Gasteiger partial charge in [-0.15, -0.1) is 0 Å². The molecule has 0 spiro atoms. The molecular formula is C17H22O4Se. The van der Waals surface area contributed by atoms with Gasteiger partial charge in [0, 0.05) is 0 Å². The number of hydrogen-bond acceptors (Lipinski definition) is 4. The van der Waals surface area contributed by atoms with Gasteiger partial charge in [0.25, 0.3) is 0 Å². The molecule has 2 N–H and O–H groups in total. The van der Waals surface area contributed by atoms with E-state index in [0.717, 1.165) is 0 Å². The Labute approximate surface area is 137 Å². The van der Waals surface area contributed by atoms with E-state index in [-0.39, 0.29) is 33.5 Å². The zero-order chi connectivity index (χ0) is 15.9. The van der Waals surface area contributed by atoms with E-state index in [1.54, 1.807) is 19.1 Å². The third-order valence-electron chi connectivity index (χ3n) is 3.74. The van der Waals surface area contributed by atoms with Gasteiger partial charge in [0.2, 0.25) is 0 Å². The zero-order valence-corrected chi connectivity index (χ0v) is 14.3. The molecule has 1 aromatic carbocycles. The maximum absolute atomic E-state index is 11.8. The molecule has 22 heavy (non-hydrogen) atoms. The molecule has 120 valence electrons. The Balaban J connectivity index is 1.87. The van der Waals surface area contributed by atoms with Gasteiger partial charge in [-0.05, 0) is 0 Å². The second-order valence-corrected chi connectivity index (χ2v) is 7.74. The van der Waals surface area contributed by atoms with Crippen LogP contribution in [0.5, 0.6) is 0 Å². The first-order chi connectivity index (χ1) is 10.6. The van der Waals surface area contributed by atoms with Gasteiger partial charge in [0.1, 0.15) is 0 Å². The topological polar surface area (TPSA) is 66.8 Å². The number of aliphatic hydroxyl groups is 2. The van der Waals surface area contributed by atoms with Crippen molar-refractivity contribution >= 4 is 25.4 Å². The number of aliphatic hydroxyl groups excluding tert-OH is 2. The van der Waals surface area contributed by atoms with Crippen LogP contribution in [0.4, 0.5) is 0 Å². The van der Waals surface area contributed by atoms with Gasteiger partial charge in [-0.1, -0.05) is 0 Å². The summed E-state index contributed by atoms with van der Waals surface area (Å²) >= 11 is 0.210. The number of carbonyl (C=O) groups excluding carboxylic acids is 1. The standard InChI is InChI=1S/C17H22O4Se/c1-2-6-15(19)16-12(10-21-17(16)20)9-13(18)11-22-14-7-4-3-5-8-14/h2-8,12-13,15-16,18-19H,9-11H2,1H3/b6-2+/t12-,13+,15+,16-/m0/s1. The zero-order valence-electron chi connectivity index (χ0n) is 12.6. The fourth-order valence-corrected chi connectivity index (χ4v) is 4.48. The van der Waals surface area contributed by atoms with E-state index in [4.69, 9.17) is 4.74 Å². The van der Waals surface area contributed by atoms with Crippen LogP contribution in [0, 0.1) is 11.8 Å². The van der Waals surface area contributed by atoms with E-state index in [9.17, 15) is 15.0 Å². The number of allylic oxidation sites excluding steroid dienone is 1. The van der Waals surface area contributed by atoms with E-state index < -0.39 is 18.1 Å². The number of rotatable bonds is 7. The Morgan fingerprint density at radius 3 is 2.77 bits per heavy atom. The first-order valence-corrected chi connectivity index (χ1v) is 9.52. The van der Waals surface area contributed by atoms with Crippen molar-refractivity contribution in [3.05, 3.63) is 42.5 Å². The van der Waals surface area contributed by atoms with Gasteiger partial charge >= 0.3 is 137 Å². The third-order valence-corrected chi connectivity index (χ3v) is 6.17. The summed E-state index contributed by atoms with van der Waals surface area (Å²) in [5.74, 6) is -1.05. The molecule has 1 saturated heterocycles. The molecule has 0 saturated carbocycles. The van der Waals surface area contributed by atoms with Gasteiger partial charge in [-0.3, -0.25) is 0 Å². The normalized spacial score (nSPS) is 24.4. The van der Waals surface area contributed by atoms with Crippen LogP contribution in [0.3, 0.4) is 0 Å². The molecule has 0 unspecified atom stereocenters. The second-order valence-electron chi connectivity index (χ2n) is 5.45. The summed E-state index contributed by atoms with van der Waals surface area (Å²) in [4.78, 5) is 11.8. The third kappa shape index (κ3) is 4.68. The SMILES string of the molecule is C/C=C/[C@@H](O)[C@H]1C(=O)OC[C@@H]1C[C@@H](O)C[Se]c1ccccc1. The Morgan fingerprint density at radius 2 is 2.09 bits per heavy atom. The molecule has 0 radical (unpaired) electrons. The first kappa shape index (κ1) is 17.2. The summed E-state index contributed by atoms with van der Waals surface area (Å²) < 4.78 is 6.32. The van der Waals surface area contributed by atoms with Crippen LogP contribution in [-0.4, -0.2) is 50.0 Å².